The summed E-state index contributed by atoms with van der Waals surface area (Å²) in [4.78, 5) is 49.3. The highest BCUT2D eigenvalue weighted by molar-refractivity contribution is 5.94. The van der Waals surface area contributed by atoms with Crippen LogP contribution in [0.1, 0.15) is 38.7 Å². The number of nitrogens with two attached hydrogens (primary N) is 2. The predicted octanol–water partition coefficient (Wildman–Crippen LogP) is -1.67. The number of unbranched alkanes of at least 4 members (excludes halogenated alkanes) is 1. The van der Waals surface area contributed by atoms with Gasteiger partial charge in [-0.15, -0.1) is 0 Å². The van der Waals surface area contributed by atoms with Crippen molar-refractivity contribution in [1.82, 2.24) is 16.0 Å². The van der Waals surface area contributed by atoms with Gasteiger partial charge in [-0.2, -0.15) is 0 Å². The number of aromatic hydroxyl groups is 1. The summed E-state index contributed by atoms with van der Waals surface area (Å²) < 4.78 is 0. The molecule has 0 radical (unpaired) electrons. The smallest absolute Gasteiger partial charge is 0.326 e. The number of carboxylic acids is 1. The molecule has 0 aliphatic heterocycles. The van der Waals surface area contributed by atoms with Crippen molar-refractivity contribution in [2.45, 2.75) is 69.8 Å². The summed E-state index contributed by atoms with van der Waals surface area (Å²) in [5, 5.41) is 36.1. The molecular weight excluding hydrogens is 446 g/mol. The Hall–Kier alpha value is -3.22. The molecule has 0 aliphatic carbocycles. The SMILES string of the molecule is CC(N)C(=O)NC(Cc1ccc(O)cc1)C(=O)NC(C(=O)NC(CCCCN)C(=O)O)C(C)O. The zero-order valence-electron chi connectivity index (χ0n) is 19.4. The van der Waals surface area contributed by atoms with E-state index in [1.807, 2.05) is 0 Å². The summed E-state index contributed by atoms with van der Waals surface area (Å²) in [6.45, 7) is 3.08. The van der Waals surface area contributed by atoms with E-state index in [2.05, 4.69) is 16.0 Å². The molecule has 0 aromatic heterocycles. The zero-order chi connectivity index (χ0) is 25.8. The summed E-state index contributed by atoms with van der Waals surface area (Å²) in [6.07, 6.45) is -0.172. The second kappa shape index (κ2) is 14.1. The molecule has 12 heteroatoms. The zero-order valence-corrected chi connectivity index (χ0v) is 19.4. The minimum Gasteiger partial charge on any atom is -0.508 e. The highest BCUT2D eigenvalue weighted by Crippen LogP contribution is 2.12. The minimum atomic E-state index is -1.47. The van der Waals surface area contributed by atoms with Gasteiger partial charge in [-0.05, 0) is 57.4 Å². The summed E-state index contributed by atoms with van der Waals surface area (Å²) in [5.41, 5.74) is 11.6. The lowest BCUT2D eigenvalue weighted by atomic mass is 10.0. The number of carbonyl (C=O) groups excluding carboxylic acids is 3. The largest absolute Gasteiger partial charge is 0.508 e. The Morgan fingerprint density at radius 1 is 0.912 bits per heavy atom. The topological polar surface area (TPSA) is 217 Å². The van der Waals surface area contributed by atoms with Crippen LogP contribution in [0.2, 0.25) is 0 Å². The predicted molar refractivity (Wildman–Crippen MR) is 123 cm³/mol. The molecule has 190 valence electrons. The van der Waals surface area contributed by atoms with Gasteiger partial charge in [0.2, 0.25) is 17.7 Å². The molecule has 10 N–H and O–H groups in total. The molecular formula is C22H35N5O7. The third-order valence-electron chi connectivity index (χ3n) is 5.05. The molecule has 12 nitrogen and oxygen atoms in total. The minimum absolute atomic E-state index is 0.00949. The van der Waals surface area contributed by atoms with Crippen molar-refractivity contribution in [3.05, 3.63) is 29.8 Å². The molecule has 1 rings (SSSR count). The number of rotatable bonds is 14. The van der Waals surface area contributed by atoms with E-state index in [1.54, 1.807) is 12.1 Å². The van der Waals surface area contributed by atoms with Gasteiger partial charge in [-0.25, -0.2) is 4.79 Å². The second-order valence-corrected chi connectivity index (χ2v) is 8.13. The fraction of sp³-hybridized carbons (Fsp3) is 0.545. The highest BCUT2D eigenvalue weighted by atomic mass is 16.4. The number of hydrogen-bond acceptors (Lipinski definition) is 8. The number of amides is 3. The second-order valence-electron chi connectivity index (χ2n) is 8.13. The molecule has 1 aromatic rings. The summed E-state index contributed by atoms with van der Waals surface area (Å²) in [6, 6.07) is 1.20. The normalized spacial score (nSPS) is 15.3. The maximum atomic E-state index is 13.0. The van der Waals surface area contributed by atoms with Crippen LogP contribution in [0, 0.1) is 0 Å². The molecule has 0 heterocycles. The number of phenols is 1. The number of hydrogen-bond donors (Lipinski definition) is 8. The van der Waals surface area contributed by atoms with Crippen LogP contribution in [0.4, 0.5) is 0 Å². The Labute approximate surface area is 198 Å². The Kier molecular flexibility index (Phi) is 12.0. The Morgan fingerprint density at radius 3 is 2.00 bits per heavy atom. The number of aliphatic carboxylic acids is 1. The van der Waals surface area contributed by atoms with Gasteiger partial charge in [-0.3, -0.25) is 14.4 Å². The lowest BCUT2D eigenvalue weighted by Crippen LogP contribution is -2.60. The van der Waals surface area contributed by atoms with Crippen LogP contribution >= 0.6 is 0 Å². The maximum Gasteiger partial charge on any atom is 0.326 e. The van der Waals surface area contributed by atoms with E-state index < -0.39 is 54.0 Å². The van der Waals surface area contributed by atoms with E-state index in [-0.39, 0.29) is 18.6 Å². The van der Waals surface area contributed by atoms with Gasteiger partial charge < -0.3 is 42.7 Å². The number of phenolic OH excluding ortho intramolecular Hbond substituents is 1. The van der Waals surface area contributed by atoms with Crippen molar-refractivity contribution in [1.29, 1.82) is 0 Å². The molecule has 0 saturated heterocycles. The van der Waals surface area contributed by atoms with E-state index in [0.717, 1.165) is 0 Å². The van der Waals surface area contributed by atoms with Gasteiger partial charge in [-0.1, -0.05) is 12.1 Å². The first-order valence-corrected chi connectivity index (χ1v) is 11.0. The average molecular weight is 482 g/mol. The number of carboxylic acid groups (broad SMARTS) is 1. The molecule has 0 aliphatic rings. The standard InChI is InChI=1S/C22H35N5O7/c1-12(24)19(30)26-17(11-14-6-8-15(29)9-7-14)20(31)27-18(13(2)28)21(32)25-16(22(33)34)5-3-4-10-23/h6-9,12-13,16-18,28-29H,3-5,10-11,23-24H2,1-2H3,(H,25,32)(H,26,30)(H,27,31)(H,33,34). The quantitative estimate of drug-likeness (QED) is 0.142. The summed E-state index contributed by atoms with van der Waals surface area (Å²) >= 11 is 0. The molecule has 34 heavy (non-hydrogen) atoms. The molecule has 0 bridgehead atoms. The van der Waals surface area contributed by atoms with Gasteiger partial charge >= 0.3 is 5.97 Å². The van der Waals surface area contributed by atoms with Crippen molar-refractivity contribution in [2.75, 3.05) is 6.54 Å². The van der Waals surface area contributed by atoms with E-state index in [4.69, 9.17) is 11.5 Å². The Morgan fingerprint density at radius 2 is 1.50 bits per heavy atom. The summed E-state index contributed by atoms with van der Waals surface area (Å²) in [7, 11) is 0. The molecule has 3 amide bonds. The van der Waals surface area contributed by atoms with Crippen LogP contribution in [0.15, 0.2) is 24.3 Å². The van der Waals surface area contributed by atoms with E-state index in [1.165, 1.54) is 26.0 Å². The van der Waals surface area contributed by atoms with Gasteiger partial charge in [0.15, 0.2) is 0 Å². The van der Waals surface area contributed by atoms with E-state index >= 15 is 0 Å². The van der Waals surface area contributed by atoms with E-state index in [0.29, 0.717) is 24.9 Å². The molecule has 0 fully saturated rings. The fourth-order valence-corrected chi connectivity index (χ4v) is 3.05. The average Bonchev–Trinajstić information content (AvgIpc) is 2.76. The summed E-state index contributed by atoms with van der Waals surface area (Å²) in [5.74, 6) is -3.50. The van der Waals surface area contributed by atoms with Gasteiger partial charge in [0.05, 0.1) is 12.1 Å². The van der Waals surface area contributed by atoms with Crippen molar-refractivity contribution in [3.8, 4) is 5.75 Å². The molecule has 5 unspecified atom stereocenters. The fourth-order valence-electron chi connectivity index (χ4n) is 3.05. The first kappa shape index (κ1) is 28.8. The number of benzene rings is 1. The number of aliphatic hydroxyl groups excluding tert-OH is 1. The first-order valence-electron chi connectivity index (χ1n) is 11.0. The lowest BCUT2D eigenvalue weighted by Gasteiger charge is -2.26. The van der Waals surface area contributed by atoms with Crippen molar-refractivity contribution >= 4 is 23.7 Å². The highest BCUT2D eigenvalue weighted by Gasteiger charge is 2.32. The van der Waals surface area contributed by atoms with Crippen LogP contribution in [-0.2, 0) is 25.6 Å². The third-order valence-corrected chi connectivity index (χ3v) is 5.05. The molecule has 0 saturated carbocycles. The van der Waals surface area contributed by atoms with Gasteiger partial charge in [0.1, 0.15) is 23.9 Å². The molecule has 5 atom stereocenters. The number of nitrogens with one attached hydrogen (secondary N) is 3. The van der Waals surface area contributed by atoms with Gasteiger partial charge in [0.25, 0.3) is 0 Å². The molecule has 0 spiro atoms. The lowest BCUT2D eigenvalue weighted by molar-refractivity contribution is -0.143. The third kappa shape index (κ3) is 9.73. The molecule has 1 aromatic carbocycles. The van der Waals surface area contributed by atoms with Crippen LogP contribution in [0.25, 0.3) is 0 Å². The Bertz CT molecular complexity index is 829. The van der Waals surface area contributed by atoms with Crippen LogP contribution in [0.5, 0.6) is 5.75 Å². The van der Waals surface area contributed by atoms with E-state index in [9.17, 15) is 34.5 Å². The van der Waals surface area contributed by atoms with Crippen LogP contribution in [0.3, 0.4) is 0 Å². The van der Waals surface area contributed by atoms with Crippen LogP contribution in [-0.4, -0.2) is 75.8 Å². The number of aliphatic hydroxyl groups is 1. The maximum absolute atomic E-state index is 13.0. The van der Waals surface area contributed by atoms with Crippen molar-refractivity contribution in [3.63, 3.8) is 0 Å². The van der Waals surface area contributed by atoms with Crippen molar-refractivity contribution in [2.24, 2.45) is 11.5 Å². The number of carbonyl (C=O) groups is 4. The monoisotopic (exact) mass is 481 g/mol. The van der Waals surface area contributed by atoms with Crippen molar-refractivity contribution < 1.29 is 34.5 Å². The first-order chi connectivity index (χ1) is 16.0. The van der Waals surface area contributed by atoms with Crippen LogP contribution < -0.4 is 27.4 Å². The Balaban J connectivity index is 3.00. The van der Waals surface area contributed by atoms with Gasteiger partial charge in [0, 0.05) is 6.42 Å².